The van der Waals surface area contributed by atoms with Gasteiger partial charge in [0.25, 0.3) is 0 Å². The molecule has 2 N–H and O–H groups in total. The maximum Gasteiger partial charge on any atom is 0.220 e. The number of amides is 2. The summed E-state index contributed by atoms with van der Waals surface area (Å²) in [6.45, 7) is 3.40. The van der Waals surface area contributed by atoms with Gasteiger partial charge in [0.15, 0.2) is 0 Å². The number of carbonyl (C=O) groups excluding carboxylic acids is 2. The van der Waals surface area contributed by atoms with Crippen LogP contribution in [0, 0.1) is 0 Å². The first-order chi connectivity index (χ1) is 11.6. The number of likely N-dealkylation sites (tertiary alicyclic amines) is 1. The summed E-state index contributed by atoms with van der Waals surface area (Å²) in [7, 11) is 0. The summed E-state index contributed by atoms with van der Waals surface area (Å²) in [5.74, 6) is -0.131. The summed E-state index contributed by atoms with van der Waals surface area (Å²) >= 11 is 0. The number of benzene rings is 1. The van der Waals surface area contributed by atoms with E-state index in [0.717, 1.165) is 5.56 Å². The minimum Gasteiger partial charge on any atom is -0.389 e. The Balaban J connectivity index is 1.59. The van der Waals surface area contributed by atoms with Crippen LogP contribution in [-0.2, 0) is 20.9 Å². The van der Waals surface area contributed by atoms with Crippen LogP contribution in [-0.4, -0.2) is 53.7 Å². The van der Waals surface area contributed by atoms with Gasteiger partial charge in [0.1, 0.15) is 0 Å². The van der Waals surface area contributed by atoms with E-state index in [1.54, 1.807) is 4.90 Å². The second-order valence-corrected chi connectivity index (χ2v) is 6.14. The molecule has 1 saturated heterocycles. The molecular weight excluding hydrogens is 308 g/mol. The zero-order valence-electron chi connectivity index (χ0n) is 14.1. The van der Waals surface area contributed by atoms with Crippen molar-refractivity contribution in [2.24, 2.45) is 0 Å². The molecule has 2 rings (SSSR count). The highest BCUT2D eigenvalue weighted by molar-refractivity contribution is 5.76. The van der Waals surface area contributed by atoms with Crippen LogP contribution in [0.1, 0.15) is 31.7 Å². The highest BCUT2D eigenvalue weighted by Crippen LogP contribution is 2.12. The highest BCUT2D eigenvalue weighted by Gasteiger charge is 2.29. The van der Waals surface area contributed by atoms with Crippen LogP contribution in [0.4, 0.5) is 0 Å². The van der Waals surface area contributed by atoms with Gasteiger partial charge in [-0.2, -0.15) is 0 Å². The van der Waals surface area contributed by atoms with Gasteiger partial charge in [0, 0.05) is 33.0 Å². The van der Waals surface area contributed by atoms with Crippen molar-refractivity contribution in [1.29, 1.82) is 0 Å². The quantitative estimate of drug-likeness (QED) is 0.732. The van der Waals surface area contributed by atoms with Crippen molar-refractivity contribution in [3.8, 4) is 0 Å². The van der Waals surface area contributed by atoms with Crippen molar-refractivity contribution in [3.05, 3.63) is 35.9 Å². The Morgan fingerprint density at radius 2 is 2.08 bits per heavy atom. The van der Waals surface area contributed by atoms with Gasteiger partial charge in [-0.25, -0.2) is 0 Å². The first-order valence-corrected chi connectivity index (χ1v) is 8.41. The van der Waals surface area contributed by atoms with Gasteiger partial charge >= 0.3 is 0 Å². The van der Waals surface area contributed by atoms with Gasteiger partial charge in [-0.3, -0.25) is 9.59 Å². The number of nitrogens with zero attached hydrogens (tertiary/aromatic N) is 1. The Kier molecular flexibility index (Phi) is 7.21. The topological polar surface area (TPSA) is 78.9 Å². The molecule has 0 unspecified atom stereocenters. The molecule has 132 valence electrons. The SMILES string of the molecule is CC(=O)N1CC[C@@H](NC(=O)CCCOCc2ccccc2)[C@H](O)C1. The lowest BCUT2D eigenvalue weighted by atomic mass is 10.0. The van der Waals surface area contributed by atoms with Crippen molar-refractivity contribution >= 4 is 11.8 Å². The molecular formula is C18H26N2O4. The standard InChI is InChI=1S/C18H26N2O4/c1-14(21)20-10-9-16(17(22)12-20)19-18(23)8-5-11-24-13-15-6-3-2-4-7-15/h2-4,6-7,16-17,22H,5,8-13H2,1H3,(H,19,23)/t16-,17-/m1/s1. The van der Waals surface area contributed by atoms with Crippen LogP contribution in [0.25, 0.3) is 0 Å². The van der Waals surface area contributed by atoms with E-state index < -0.39 is 6.10 Å². The number of hydrogen-bond acceptors (Lipinski definition) is 4. The van der Waals surface area contributed by atoms with Crippen LogP contribution in [0.15, 0.2) is 30.3 Å². The molecule has 6 nitrogen and oxygen atoms in total. The number of aliphatic hydroxyl groups is 1. The summed E-state index contributed by atoms with van der Waals surface area (Å²) in [6, 6.07) is 9.62. The Morgan fingerprint density at radius 1 is 1.33 bits per heavy atom. The van der Waals surface area contributed by atoms with E-state index in [1.807, 2.05) is 30.3 Å². The molecule has 0 saturated carbocycles. The van der Waals surface area contributed by atoms with Crippen molar-refractivity contribution in [2.45, 2.75) is 44.9 Å². The van der Waals surface area contributed by atoms with Gasteiger partial charge in [0.05, 0.1) is 18.8 Å². The Morgan fingerprint density at radius 3 is 2.75 bits per heavy atom. The van der Waals surface area contributed by atoms with E-state index >= 15 is 0 Å². The van der Waals surface area contributed by atoms with Gasteiger partial charge in [-0.15, -0.1) is 0 Å². The van der Waals surface area contributed by atoms with Gasteiger partial charge in [-0.1, -0.05) is 30.3 Å². The average molecular weight is 334 g/mol. The van der Waals surface area contributed by atoms with Gasteiger partial charge in [0.2, 0.25) is 11.8 Å². The van der Waals surface area contributed by atoms with Crippen LogP contribution in [0.2, 0.25) is 0 Å². The zero-order chi connectivity index (χ0) is 17.4. The van der Waals surface area contributed by atoms with Crippen LogP contribution < -0.4 is 5.32 Å². The Hall–Kier alpha value is -1.92. The fraction of sp³-hybridized carbons (Fsp3) is 0.556. The van der Waals surface area contributed by atoms with E-state index in [1.165, 1.54) is 6.92 Å². The number of aliphatic hydroxyl groups excluding tert-OH is 1. The summed E-state index contributed by atoms with van der Waals surface area (Å²) in [6.07, 6.45) is 0.882. The van der Waals surface area contributed by atoms with E-state index in [9.17, 15) is 14.7 Å². The maximum atomic E-state index is 11.9. The lowest BCUT2D eigenvalue weighted by molar-refractivity contribution is -0.133. The fourth-order valence-corrected chi connectivity index (χ4v) is 2.76. The van der Waals surface area contributed by atoms with E-state index in [4.69, 9.17) is 4.74 Å². The van der Waals surface area contributed by atoms with Gasteiger partial charge < -0.3 is 20.1 Å². The number of β-amino-alcohol motifs (C(OH)–C–C–N with tert-alkyl or cyclic N) is 1. The first-order valence-electron chi connectivity index (χ1n) is 8.41. The van der Waals surface area contributed by atoms with Crippen LogP contribution >= 0.6 is 0 Å². The van der Waals surface area contributed by atoms with Crippen molar-refractivity contribution in [3.63, 3.8) is 0 Å². The number of nitrogens with one attached hydrogen (secondary N) is 1. The number of carbonyl (C=O) groups is 2. The number of hydrogen-bond donors (Lipinski definition) is 2. The maximum absolute atomic E-state index is 11.9. The molecule has 24 heavy (non-hydrogen) atoms. The van der Waals surface area contributed by atoms with E-state index in [2.05, 4.69) is 5.32 Å². The molecule has 1 aromatic carbocycles. The molecule has 0 bridgehead atoms. The smallest absolute Gasteiger partial charge is 0.220 e. The molecule has 0 radical (unpaired) electrons. The molecule has 1 fully saturated rings. The molecule has 0 spiro atoms. The summed E-state index contributed by atoms with van der Waals surface area (Å²) < 4.78 is 5.55. The normalized spacial score (nSPS) is 20.7. The van der Waals surface area contributed by atoms with E-state index in [-0.39, 0.29) is 24.4 Å². The van der Waals surface area contributed by atoms with Crippen molar-refractivity contribution in [2.75, 3.05) is 19.7 Å². The third kappa shape index (κ3) is 5.94. The van der Waals surface area contributed by atoms with Crippen LogP contribution in [0.5, 0.6) is 0 Å². The van der Waals surface area contributed by atoms with Crippen LogP contribution in [0.3, 0.4) is 0 Å². The molecule has 2 atom stereocenters. The summed E-state index contributed by atoms with van der Waals surface area (Å²) in [5, 5.41) is 12.9. The van der Waals surface area contributed by atoms with E-state index in [0.29, 0.717) is 39.0 Å². The third-order valence-corrected chi connectivity index (χ3v) is 4.18. The highest BCUT2D eigenvalue weighted by atomic mass is 16.5. The average Bonchev–Trinajstić information content (AvgIpc) is 2.57. The second kappa shape index (κ2) is 9.39. The zero-order valence-corrected chi connectivity index (χ0v) is 14.1. The molecule has 1 heterocycles. The molecule has 2 amide bonds. The largest absolute Gasteiger partial charge is 0.389 e. The Bertz CT molecular complexity index is 535. The summed E-state index contributed by atoms with van der Waals surface area (Å²) in [5.41, 5.74) is 1.11. The number of rotatable bonds is 7. The predicted molar refractivity (Wildman–Crippen MR) is 90.1 cm³/mol. The van der Waals surface area contributed by atoms with Crippen molar-refractivity contribution in [1.82, 2.24) is 10.2 Å². The number of ether oxygens (including phenoxy) is 1. The fourth-order valence-electron chi connectivity index (χ4n) is 2.76. The molecule has 1 aliphatic heterocycles. The minimum atomic E-state index is -0.707. The molecule has 0 aliphatic carbocycles. The third-order valence-electron chi connectivity index (χ3n) is 4.18. The summed E-state index contributed by atoms with van der Waals surface area (Å²) in [4.78, 5) is 24.8. The monoisotopic (exact) mass is 334 g/mol. The first kappa shape index (κ1) is 18.4. The Labute approximate surface area is 142 Å². The predicted octanol–water partition coefficient (Wildman–Crippen LogP) is 1.08. The molecule has 1 aliphatic rings. The molecule has 6 heteroatoms. The van der Waals surface area contributed by atoms with Gasteiger partial charge in [-0.05, 0) is 18.4 Å². The minimum absolute atomic E-state index is 0.0469. The molecule has 1 aromatic rings. The molecule has 0 aromatic heterocycles. The lowest BCUT2D eigenvalue weighted by Gasteiger charge is -2.35. The van der Waals surface area contributed by atoms with Crippen molar-refractivity contribution < 1.29 is 19.4 Å². The number of piperidine rings is 1. The lowest BCUT2D eigenvalue weighted by Crippen LogP contribution is -2.55. The second-order valence-electron chi connectivity index (χ2n) is 6.14.